The molecular weight excluding hydrogens is 288 g/mol. The number of nitrogens with zero attached hydrogens (tertiary/aromatic N) is 1. The van der Waals surface area contributed by atoms with Gasteiger partial charge in [0.15, 0.2) is 0 Å². The lowest BCUT2D eigenvalue weighted by Crippen LogP contribution is -2.34. The predicted molar refractivity (Wildman–Crippen MR) is 92.9 cm³/mol. The molecule has 0 bridgehead atoms. The summed E-state index contributed by atoms with van der Waals surface area (Å²) >= 11 is 0. The smallest absolute Gasteiger partial charge is 0.251 e. The maximum Gasteiger partial charge on any atom is 0.251 e. The quantitative estimate of drug-likeness (QED) is 0.891. The molecule has 0 fully saturated rings. The van der Waals surface area contributed by atoms with E-state index in [-0.39, 0.29) is 11.9 Å². The molecule has 23 heavy (non-hydrogen) atoms. The number of nitrogens with one attached hydrogen (secondary N) is 1. The van der Waals surface area contributed by atoms with Crippen LogP contribution in [0.2, 0.25) is 0 Å². The fourth-order valence-corrected chi connectivity index (χ4v) is 2.51. The van der Waals surface area contributed by atoms with Gasteiger partial charge < -0.3 is 15.0 Å². The van der Waals surface area contributed by atoms with Crippen molar-refractivity contribution in [3.05, 3.63) is 65.2 Å². The highest BCUT2D eigenvalue weighted by Crippen LogP contribution is 2.27. The van der Waals surface area contributed by atoms with Gasteiger partial charge in [0.2, 0.25) is 0 Å². The molecule has 2 rings (SSSR count). The zero-order chi connectivity index (χ0) is 16.8. The number of likely N-dealkylation sites (N-methyl/N-ethyl adjacent to an activating group) is 1. The predicted octanol–water partition coefficient (Wildman–Crippen LogP) is 3.04. The van der Waals surface area contributed by atoms with Crippen LogP contribution in [0.15, 0.2) is 48.5 Å². The first-order valence-electron chi connectivity index (χ1n) is 7.67. The van der Waals surface area contributed by atoms with Gasteiger partial charge in [0.25, 0.3) is 5.91 Å². The van der Waals surface area contributed by atoms with Crippen molar-refractivity contribution in [3.8, 4) is 5.75 Å². The Kier molecular flexibility index (Phi) is 5.77. The summed E-state index contributed by atoms with van der Waals surface area (Å²) in [5, 5.41) is 3.01. The molecule has 0 heterocycles. The first-order chi connectivity index (χ1) is 11.0. The van der Waals surface area contributed by atoms with Gasteiger partial charge in [-0.25, -0.2) is 0 Å². The molecule has 0 unspecified atom stereocenters. The minimum atomic E-state index is -0.0632. The van der Waals surface area contributed by atoms with E-state index in [2.05, 4.69) is 10.2 Å². The van der Waals surface area contributed by atoms with Crippen LogP contribution in [-0.2, 0) is 0 Å². The number of benzene rings is 2. The molecule has 4 heteroatoms. The SMILES string of the molecule is COc1ccccc1[C@@H](CNC(=O)c1ccc(C)cc1)N(C)C. The zero-order valence-corrected chi connectivity index (χ0v) is 14.2. The number of methoxy groups -OCH3 is 1. The average Bonchev–Trinajstić information content (AvgIpc) is 2.55. The monoisotopic (exact) mass is 312 g/mol. The van der Waals surface area contributed by atoms with Gasteiger partial charge in [-0.15, -0.1) is 0 Å². The van der Waals surface area contributed by atoms with Crippen LogP contribution in [0.5, 0.6) is 5.75 Å². The summed E-state index contributed by atoms with van der Waals surface area (Å²) in [6.45, 7) is 2.52. The Morgan fingerprint density at radius 2 is 1.78 bits per heavy atom. The summed E-state index contributed by atoms with van der Waals surface area (Å²) in [6.07, 6.45) is 0. The normalized spacial score (nSPS) is 12.0. The van der Waals surface area contributed by atoms with Crippen LogP contribution in [0.1, 0.15) is 27.5 Å². The minimum Gasteiger partial charge on any atom is -0.496 e. The van der Waals surface area contributed by atoms with Gasteiger partial charge in [-0.05, 0) is 39.2 Å². The molecule has 122 valence electrons. The standard InChI is InChI=1S/C19H24N2O2/c1-14-9-11-15(12-10-14)19(22)20-13-17(21(2)3)16-7-5-6-8-18(16)23-4/h5-12,17H,13H2,1-4H3,(H,20,22)/t17-/m1/s1. The van der Waals surface area contributed by atoms with Gasteiger partial charge in [0.1, 0.15) is 5.75 Å². The van der Waals surface area contributed by atoms with Gasteiger partial charge >= 0.3 is 0 Å². The second kappa shape index (κ2) is 7.79. The molecule has 1 amide bonds. The highest BCUT2D eigenvalue weighted by atomic mass is 16.5. The lowest BCUT2D eigenvalue weighted by Gasteiger charge is -2.26. The summed E-state index contributed by atoms with van der Waals surface area (Å²) in [5.41, 5.74) is 2.87. The fourth-order valence-electron chi connectivity index (χ4n) is 2.51. The van der Waals surface area contributed by atoms with Gasteiger partial charge in [-0.3, -0.25) is 4.79 Å². The second-order valence-corrected chi connectivity index (χ2v) is 5.80. The van der Waals surface area contributed by atoms with Crippen molar-refractivity contribution in [3.63, 3.8) is 0 Å². The lowest BCUT2D eigenvalue weighted by molar-refractivity contribution is 0.0941. The Balaban J connectivity index is 2.11. The molecule has 0 saturated carbocycles. The molecule has 0 radical (unpaired) electrons. The Morgan fingerprint density at radius 3 is 2.39 bits per heavy atom. The van der Waals surface area contributed by atoms with Crippen molar-refractivity contribution in [1.82, 2.24) is 10.2 Å². The van der Waals surface area contributed by atoms with Gasteiger partial charge in [-0.1, -0.05) is 35.9 Å². The Labute approximate surface area is 138 Å². The van der Waals surface area contributed by atoms with E-state index < -0.39 is 0 Å². The second-order valence-electron chi connectivity index (χ2n) is 5.80. The van der Waals surface area contributed by atoms with E-state index in [0.29, 0.717) is 12.1 Å². The van der Waals surface area contributed by atoms with E-state index in [9.17, 15) is 4.79 Å². The maximum atomic E-state index is 12.3. The molecule has 2 aromatic carbocycles. The lowest BCUT2D eigenvalue weighted by atomic mass is 10.0. The number of rotatable bonds is 6. The van der Waals surface area contributed by atoms with Crippen LogP contribution in [0.4, 0.5) is 0 Å². The number of para-hydroxylation sites is 1. The molecular formula is C19H24N2O2. The molecule has 4 nitrogen and oxygen atoms in total. The third kappa shape index (κ3) is 4.33. The largest absolute Gasteiger partial charge is 0.496 e. The van der Waals surface area contributed by atoms with Crippen LogP contribution >= 0.6 is 0 Å². The van der Waals surface area contributed by atoms with E-state index in [4.69, 9.17) is 4.74 Å². The third-order valence-corrected chi connectivity index (χ3v) is 3.89. The average molecular weight is 312 g/mol. The van der Waals surface area contributed by atoms with Gasteiger partial charge in [0.05, 0.1) is 13.2 Å². The Morgan fingerprint density at radius 1 is 1.13 bits per heavy atom. The minimum absolute atomic E-state index is 0.0422. The Bertz CT molecular complexity index is 651. The maximum absolute atomic E-state index is 12.3. The topological polar surface area (TPSA) is 41.6 Å². The molecule has 0 aliphatic rings. The van der Waals surface area contributed by atoms with Crippen molar-refractivity contribution >= 4 is 5.91 Å². The van der Waals surface area contributed by atoms with E-state index in [1.165, 1.54) is 0 Å². The Hall–Kier alpha value is -2.33. The number of carbonyl (C=O) groups excluding carboxylic acids is 1. The van der Waals surface area contributed by atoms with Gasteiger partial charge in [0, 0.05) is 17.7 Å². The van der Waals surface area contributed by atoms with Crippen molar-refractivity contribution in [2.75, 3.05) is 27.7 Å². The van der Waals surface area contributed by atoms with Crippen molar-refractivity contribution in [2.45, 2.75) is 13.0 Å². The summed E-state index contributed by atoms with van der Waals surface area (Å²) in [4.78, 5) is 14.4. The van der Waals surface area contributed by atoms with Crippen molar-refractivity contribution < 1.29 is 9.53 Å². The first kappa shape index (κ1) is 17.0. The summed E-state index contributed by atoms with van der Waals surface area (Å²) < 4.78 is 5.44. The molecule has 1 N–H and O–H groups in total. The number of amides is 1. The highest BCUT2D eigenvalue weighted by molar-refractivity contribution is 5.94. The molecule has 0 aromatic heterocycles. The van der Waals surface area contributed by atoms with Crippen LogP contribution in [0, 0.1) is 6.92 Å². The van der Waals surface area contributed by atoms with E-state index in [1.807, 2.05) is 69.6 Å². The molecule has 1 atom stereocenters. The van der Waals surface area contributed by atoms with Crippen molar-refractivity contribution in [1.29, 1.82) is 0 Å². The van der Waals surface area contributed by atoms with Crippen LogP contribution in [0.3, 0.4) is 0 Å². The number of carbonyl (C=O) groups is 1. The first-order valence-corrected chi connectivity index (χ1v) is 7.67. The summed E-state index contributed by atoms with van der Waals surface area (Å²) in [6, 6.07) is 15.5. The molecule has 0 aliphatic heterocycles. The number of ether oxygens (including phenoxy) is 1. The van der Waals surface area contributed by atoms with E-state index >= 15 is 0 Å². The fraction of sp³-hybridized carbons (Fsp3) is 0.316. The zero-order valence-electron chi connectivity index (χ0n) is 14.2. The molecule has 0 aliphatic carbocycles. The van der Waals surface area contributed by atoms with E-state index in [0.717, 1.165) is 16.9 Å². The molecule has 0 saturated heterocycles. The highest BCUT2D eigenvalue weighted by Gasteiger charge is 2.19. The third-order valence-electron chi connectivity index (χ3n) is 3.89. The van der Waals surface area contributed by atoms with Crippen LogP contribution in [-0.4, -0.2) is 38.6 Å². The number of aryl methyl sites for hydroxylation is 1. The molecule has 2 aromatic rings. The van der Waals surface area contributed by atoms with Gasteiger partial charge in [-0.2, -0.15) is 0 Å². The van der Waals surface area contributed by atoms with E-state index in [1.54, 1.807) is 7.11 Å². The summed E-state index contributed by atoms with van der Waals surface area (Å²) in [5.74, 6) is 0.766. The number of hydrogen-bond donors (Lipinski definition) is 1. The van der Waals surface area contributed by atoms with Crippen LogP contribution in [0.25, 0.3) is 0 Å². The summed E-state index contributed by atoms with van der Waals surface area (Å²) in [7, 11) is 5.65. The molecule has 0 spiro atoms. The van der Waals surface area contributed by atoms with Crippen molar-refractivity contribution in [2.24, 2.45) is 0 Å². The number of hydrogen-bond acceptors (Lipinski definition) is 3. The van der Waals surface area contributed by atoms with Crippen LogP contribution < -0.4 is 10.1 Å².